The molecule has 0 aliphatic rings. The molecule has 4 heteroatoms. The fourth-order valence-electron chi connectivity index (χ4n) is 1.88. The Labute approximate surface area is 116 Å². The van der Waals surface area contributed by atoms with Crippen LogP contribution in [0.5, 0.6) is 0 Å². The van der Waals surface area contributed by atoms with Gasteiger partial charge >= 0.3 is 0 Å². The van der Waals surface area contributed by atoms with Gasteiger partial charge in [-0.05, 0) is 42.7 Å². The Morgan fingerprint density at radius 2 is 1.75 bits per heavy atom. The molecular formula is C16H15F2NO. The average molecular weight is 275 g/mol. The molecule has 2 aromatic carbocycles. The lowest BCUT2D eigenvalue weighted by Crippen LogP contribution is -2.14. The maximum Gasteiger partial charge on any atom is 0.228 e. The van der Waals surface area contributed by atoms with E-state index in [0.29, 0.717) is 0 Å². The molecule has 0 atom stereocenters. The van der Waals surface area contributed by atoms with Gasteiger partial charge in [0.2, 0.25) is 5.91 Å². The summed E-state index contributed by atoms with van der Waals surface area (Å²) in [7, 11) is 0. The molecule has 0 unspecified atom stereocenters. The summed E-state index contributed by atoms with van der Waals surface area (Å²) < 4.78 is 25.8. The van der Waals surface area contributed by atoms with E-state index in [-0.39, 0.29) is 18.0 Å². The van der Waals surface area contributed by atoms with Gasteiger partial charge in [-0.25, -0.2) is 8.78 Å². The van der Waals surface area contributed by atoms with Crippen molar-refractivity contribution in [1.29, 1.82) is 0 Å². The van der Waals surface area contributed by atoms with Crippen molar-refractivity contribution in [3.63, 3.8) is 0 Å². The van der Waals surface area contributed by atoms with Crippen LogP contribution in [0.1, 0.15) is 16.7 Å². The van der Waals surface area contributed by atoms with Crippen molar-refractivity contribution in [3.8, 4) is 0 Å². The van der Waals surface area contributed by atoms with Gasteiger partial charge in [-0.1, -0.05) is 18.2 Å². The van der Waals surface area contributed by atoms with Crippen molar-refractivity contribution in [2.45, 2.75) is 20.3 Å². The number of anilines is 1. The number of benzene rings is 2. The molecule has 0 spiro atoms. The smallest absolute Gasteiger partial charge is 0.228 e. The minimum absolute atomic E-state index is 0.195. The Morgan fingerprint density at radius 1 is 1.00 bits per heavy atom. The fraction of sp³-hybridized carbons (Fsp3) is 0.188. The minimum atomic E-state index is -0.978. The van der Waals surface area contributed by atoms with Gasteiger partial charge < -0.3 is 5.32 Å². The van der Waals surface area contributed by atoms with E-state index in [2.05, 4.69) is 5.32 Å². The minimum Gasteiger partial charge on any atom is -0.326 e. The summed E-state index contributed by atoms with van der Waals surface area (Å²) in [6.07, 6.45) is 0.195. The number of nitrogens with one attached hydrogen (secondary N) is 1. The van der Waals surface area contributed by atoms with Crippen LogP contribution in [0.15, 0.2) is 36.4 Å². The van der Waals surface area contributed by atoms with Gasteiger partial charge in [0.15, 0.2) is 11.6 Å². The van der Waals surface area contributed by atoms with Crippen LogP contribution in [0.25, 0.3) is 0 Å². The first-order valence-electron chi connectivity index (χ1n) is 6.27. The summed E-state index contributed by atoms with van der Waals surface area (Å²) in [4.78, 5) is 11.8. The quantitative estimate of drug-likeness (QED) is 0.907. The van der Waals surface area contributed by atoms with Gasteiger partial charge in [-0.2, -0.15) is 0 Å². The van der Waals surface area contributed by atoms with Crippen LogP contribution in [0.4, 0.5) is 14.5 Å². The largest absolute Gasteiger partial charge is 0.326 e. The van der Waals surface area contributed by atoms with Crippen molar-refractivity contribution in [2.75, 3.05) is 5.32 Å². The Hall–Kier alpha value is -2.23. The number of carbonyl (C=O) groups excluding carboxylic acids is 1. The van der Waals surface area contributed by atoms with E-state index < -0.39 is 11.6 Å². The first-order valence-corrected chi connectivity index (χ1v) is 6.27. The van der Waals surface area contributed by atoms with Crippen LogP contribution in [0.3, 0.4) is 0 Å². The molecule has 0 saturated carbocycles. The molecule has 0 heterocycles. The third-order valence-corrected chi connectivity index (χ3v) is 3.14. The SMILES string of the molecule is Cc1ccc(CC(=O)Nc2ccc(F)c(F)c2)cc1C. The molecule has 2 nitrogen and oxygen atoms in total. The predicted molar refractivity (Wildman–Crippen MR) is 74.6 cm³/mol. The maximum absolute atomic E-state index is 13.0. The maximum atomic E-state index is 13.0. The second-order valence-corrected chi connectivity index (χ2v) is 4.77. The van der Waals surface area contributed by atoms with Gasteiger partial charge in [0.25, 0.3) is 0 Å². The van der Waals surface area contributed by atoms with Gasteiger partial charge in [-0.3, -0.25) is 4.79 Å². The number of hydrogen-bond acceptors (Lipinski definition) is 1. The van der Waals surface area contributed by atoms with Crippen molar-refractivity contribution in [2.24, 2.45) is 0 Å². The second-order valence-electron chi connectivity index (χ2n) is 4.77. The predicted octanol–water partition coefficient (Wildman–Crippen LogP) is 3.76. The summed E-state index contributed by atoms with van der Waals surface area (Å²) in [5, 5.41) is 2.55. The third-order valence-electron chi connectivity index (χ3n) is 3.14. The van der Waals surface area contributed by atoms with E-state index in [1.807, 2.05) is 32.0 Å². The van der Waals surface area contributed by atoms with Gasteiger partial charge in [-0.15, -0.1) is 0 Å². The zero-order valence-electron chi connectivity index (χ0n) is 11.3. The van der Waals surface area contributed by atoms with Crippen LogP contribution < -0.4 is 5.32 Å². The molecule has 20 heavy (non-hydrogen) atoms. The molecule has 1 amide bonds. The Balaban J connectivity index is 2.04. The summed E-state index contributed by atoms with van der Waals surface area (Å²) in [6, 6.07) is 9.06. The van der Waals surface area contributed by atoms with Crippen LogP contribution in [-0.4, -0.2) is 5.91 Å². The molecule has 0 saturated heterocycles. The van der Waals surface area contributed by atoms with Crippen molar-refractivity contribution < 1.29 is 13.6 Å². The lowest BCUT2D eigenvalue weighted by Gasteiger charge is -2.07. The third kappa shape index (κ3) is 3.41. The Bertz CT molecular complexity index is 597. The van der Waals surface area contributed by atoms with E-state index >= 15 is 0 Å². The monoisotopic (exact) mass is 275 g/mol. The Morgan fingerprint density at radius 3 is 2.40 bits per heavy atom. The highest BCUT2D eigenvalue weighted by atomic mass is 19.2. The van der Waals surface area contributed by atoms with E-state index in [9.17, 15) is 13.6 Å². The summed E-state index contributed by atoms with van der Waals surface area (Å²) in [6.45, 7) is 3.98. The fourth-order valence-corrected chi connectivity index (χ4v) is 1.88. The molecule has 0 aliphatic carbocycles. The highest BCUT2D eigenvalue weighted by Crippen LogP contribution is 2.14. The van der Waals surface area contributed by atoms with Crippen LogP contribution in [0, 0.1) is 25.5 Å². The standard InChI is InChI=1S/C16H15F2NO/c1-10-3-4-12(7-11(10)2)8-16(20)19-13-5-6-14(17)15(18)9-13/h3-7,9H,8H2,1-2H3,(H,19,20). The molecule has 0 radical (unpaired) electrons. The first kappa shape index (κ1) is 14.2. The van der Waals surface area contributed by atoms with E-state index in [4.69, 9.17) is 0 Å². The first-order chi connectivity index (χ1) is 9.45. The zero-order valence-corrected chi connectivity index (χ0v) is 11.3. The second kappa shape index (κ2) is 5.82. The van der Waals surface area contributed by atoms with Crippen molar-refractivity contribution in [3.05, 3.63) is 64.7 Å². The molecule has 2 aromatic rings. The molecule has 0 aliphatic heterocycles. The normalized spacial score (nSPS) is 10.4. The summed E-state index contributed by atoms with van der Waals surface area (Å²) in [5.41, 5.74) is 3.41. The van der Waals surface area contributed by atoms with Crippen molar-refractivity contribution in [1.82, 2.24) is 0 Å². The topological polar surface area (TPSA) is 29.1 Å². The average Bonchev–Trinajstić information content (AvgIpc) is 2.38. The van der Waals surface area contributed by atoms with Gasteiger partial charge in [0.05, 0.1) is 6.42 Å². The number of carbonyl (C=O) groups is 1. The number of amides is 1. The summed E-state index contributed by atoms with van der Waals surface area (Å²) in [5.74, 6) is -2.18. The number of hydrogen-bond donors (Lipinski definition) is 1. The highest BCUT2D eigenvalue weighted by molar-refractivity contribution is 5.92. The lowest BCUT2D eigenvalue weighted by molar-refractivity contribution is -0.115. The van der Waals surface area contributed by atoms with E-state index in [0.717, 1.165) is 28.8 Å². The lowest BCUT2D eigenvalue weighted by atomic mass is 10.0. The number of aryl methyl sites for hydroxylation is 2. The van der Waals surface area contributed by atoms with E-state index in [1.165, 1.54) is 6.07 Å². The molecule has 2 rings (SSSR count). The molecule has 0 fully saturated rings. The zero-order chi connectivity index (χ0) is 14.7. The van der Waals surface area contributed by atoms with E-state index in [1.54, 1.807) is 0 Å². The van der Waals surface area contributed by atoms with Crippen molar-refractivity contribution >= 4 is 11.6 Å². The van der Waals surface area contributed by atoms with Gasteiger partial charge in [0.1, 0.15) is 0 Å². The van der Waals surface area contributed by atoms with Crippen LogP contribution in [0.2, 0.25) is 0 Å². The molecule has 0 bridgehead atoms. The van der Waals surface area contributed by atoms with Crippen LogP contribution >= 0.6 is 0 Å². The molecule has 1 N–H and O–H groups in total. The molecular weight excluding hydrogens is 260 g/mol. The Kier molecular flexibility index (Phi) is 4.13. The number of rotatable bonds is 3. The highest BCUT2D eigenvalue weighted by Gasteiger charge is 2.07. The molecule has 104 valence electrons. The molecule has 0 aromatic heterocycles. The summed E-state index contributed by atoms with van der Waals surface area (Å²) >= 11 is 0. The van der Waals surface area contributed by atoms with Crippen LogP contribution in [-0.2, 0) is 11.2 Å². The van der Waals surface area contributed by atoms with Gasteiger partial charge in [0, 0.05) is 11.8 Å². The number of halogens is 2.